The van der Waals surface area contributed by atoms with Crippen molar-refractivity contribution in [2.45, 2.75) is 24.9 Å². The Hall–Kier alpha value is -3.34. The van der Waals surface area contributed by atoms with Gasteiger partial charge in [-0.3, -0.25) is 14.9 Å². The molecule has 29 heavy (non-hydrogen) atoms. The summed E-state index contributed by atoms with van der Waals surface area (Å²) in [6.45, 7) is 4.19. The zero-order chi connectivity index (χ0) is 21.0. The SMILES string of the molecule is CC(C)c1ccc(-n2nnnc2SCC(=O)Nc2cc([N+](=O)[O-])ccc2F)cc1. The van der Waals surface area contributed by atoms with Crippen molar-refractivity contribution in [2.24, 2.45) is 0 Å². The van der Waals surface area contributed by atoms with Gasteiger partial charge >= 0.3 is 0 Å². The zero-order valence-corrected chi connectivity index (χ0v) is 16.4. The summed E-state index contributed by atoms with van der Waals surface area (Å²) >= 11 is 1.06. The molecule has 0 saturated heterocycles. The Labute approximate surface area is 169 Å². The van der Waals surface area contributed by atoms with Crippen LogP contribution in [0.2, 0.25) is 0 Å². The number of hydrogen-bond donors (Lipinski definition) is 1. The van der Waals surface area contributed by atoms with E-state index in [0.29, 0.717) is 11.1 Å². The molecule has 2 aromatic carbocycles. The van der Waals surface area contributed by atoms with Crippen LogP contribution in [0.1, 0.15) is 25.3 Å². The largest absolute Gasteiger partial charge is 0.323 e. The van der Waals surface area contributed by atoms with E-state index in [-0.39, 0.29) is 17.1 Å². The number of nitrogens with zero attached hydrogens (tertiary/aromatic N) is 5. The first-order valence-corrected chi connectivity index (χ1v) is 9.59. The first-order chi connectivity index (χ1) is 13.8. The average molecular weight is 416 g/mol. The third-order valence-electron chi connectivity index (χ3n) is 4.01. The first kappa shape index (κ1) is 20.4. The Morgan fingerprint density at radius 1 is 1.28 bits per heavy atom. The highest BCUT2D eigenvalue weighted by Gasteiger charge is 2.15. The van der Waals surface area contributed by atoms with Crippen LogP contribution in [-0.4, -0.2) is 36.8 Å². The summed E-state index contributed by atoms with van der Waals surface area (Å²) < 4.78 is 15.3. The highest BCUT2D eigenvalue weighted by atomic mass is 32.2. The molecule has 1 N–H and O–H groups in total. The minimum Gasteiger partial charge on any atom is -0.323 e. The van der Waals surface area contributed by atoms with Crippen molar-refractivity contribution < 1.29 is 14.1 Å². The van der Waals surface area contributed by atoms with Gasteiger partial charge in [-0.1, -0.05) is 37.7 Å². The van der Waals surface area contributed by atoms with E-state index in [0.717, 1.165) is 35.6 Å². The van der Waals surface area contributed by atoms with E-state index in [2.05, 4.69) is 34.7 Å². The second-order valence-electron chi connectivity index (χ2n) is 6.38. The van der Waals surface area contributed by atoms with Gasteiger partial charge in [-0.05, 0) is 40.1 Å². The van der Waals surface area contributed by atoms with Gasteiger partial charge in [-0.25, -0.2) is 4.39 Å². The van der Waals surface area contributed by atoms with Crippen LogP contribution in [0.4, 0.5) is 15.8 Å². The van der Waals surface area contributed by atoms with Gasteiger partial charge in [-0.15, -0.1) is 5.10 Å². The van der Waals surface area contributed by atoms with Crippen LogP contribution >= 0.6 is 11.8 Å². The number of nitrogens with one attached hydrogen (secondary N) is 1. The Morgan fingerprint density at radius 3 is 2.66 bits per heavy atom. The quantitative estimate of drug-likeness (QED) is 0.356. The van der Waals surface area contributed by atoms with Gasteiger partial charge in [0.15, 0.2) is 0 Å². The Balaban J connectivity index is 1.67. The lowest BCUT2D eigenvalue weighted by Gasteiger charge is -2.08. The second kappa shape index (κ2) is 8.78. The maximum absolute atomic E-state index is 13.8. The topological polar surface area (TPSA) is 116 Å². The molecule has 1 aromatic heterocycles. The lowest BCUT2D eigenvalue weighted by atomic mass is 10.0. The molecular formula is C18H17FN6O3S. The van der Waals surface area contributed by atoms with E-state index in [1.165, 1.54) is 10.2 Å². The molecule has 0 atom stereocenters. The van der Waals surface area contributed by atoms with Gasteiger partial charge in [0.25, 0.3) is 5.69 Å². The lowest BCUT2D eigenvalue weighted by Crippen LogP contribution is -2.15. The summed E-state index contributed by atoms with van der Waals surface area (Å²) in [6, 6.07) is 10.7. The zero-order valence-electron chi connectivity index (χ0n) is 15.6. The molecule has 0 aliphatic rings. The van der Waals surface area contributed by atoms with Crippen LogP contribution in [0.25, 0.3) is 5.69 Å². The molecule has 1 amide bonds. The van der Waals surface area contributed by atoms with Crippen molar-refractivity contribution in [1.29, 1.82) is 0 Å². The van der Waals surface area contributed by atoms with Gasteiger partial charge in [-0.2, -0.15) is 4.68 Å². The summed E-state index contributed by atoms with van der Waals surface area (Å²) in [5.74, 6) is -1.01. The number of non-ortho nitro benzene ring substituents is 1. The van der Waals surface area contributed by atoms with Crippen molar-refractivity contribution in [2.75, 3.05) is 11.1 Å². The number of aromatic nitrogens is 4. The number of carbonyl (C=O) groups is 1. The molecule has 3 rings (SSSR count). The van der Waals surface area contributed by atoms with Crippen LogP contribution in [0.5, 0.6) is 0 Å². The molecule has 0 spiro atoms. The summed E-state index contributed by atoms with van der Waals surface area (Å²) in [5, 5.41) is 25.0. The van der Waals surface area contributed by atoms with Gasteiger partial charge < -0.3 is 5.32 Å². The minimum atomic E-state index is -0.760. The molecule has 9 nitrogen and oxygen atoms in total. The molecule has 150 valence electrons. The minimum absolute atomic E-state index is 0.105. The lowest BCUT2D eigenvalue weighted by molar-refractivity contribution is -0.384. The van der Waals surface area contributed by atoms with Crippen LogP contribution in [0, 0.1) is 15.9 Å². The average Bonchev–Trinajstić information content (AvgIpc) is 3.16. The monoisotopic (exact) mass is 416 g/mol. The maximum Gasteiger partial charge on any atom is 0.271 e. The van der Waals surface area contributed by atoms with E-state index >= 15 is 0 Å². The molecule has 0 radical (unpaired) electrons. The normalized spacial score (nSPS) is 10.9. The van der Waals surface area contributed by atoms with Crippen LogP contribution in [0.15, 0.2) is 47.6 Å². The smallest absolute Gasteiger partial charge is 0.271 e. The number of thioether (sulfide) groups is 1. The molecule has 0 aliphatic carbocycles. The molecule has 0 aliphatic heterocycles. The molecule has 0 fully saturated rings. The van der Waals surface area contributed by atoms with E-state index in [4.69, 9.17) is 0 Å². The van der Waals surface area contributed by atoms with Gasteiger partial charge in [0.1, 0.15) is 5.82 Å². The number of anilines is 1. The number of nitro groups is 1. The highest BCUT2D eigenvalue weighted by Crippen LogP contribution is 2.23. The summed E-state index contributed by atoms with van der Waals surface area (Å²) in [5.41, 5.74) is 1.35. The number of hydrogen-bond acceptors (Lipinski definition) is 7. The summed E-state index contributed by atoms with van der Waals surface area (Å²) in [4.78, 5) is 22.3. The second-order valence-corrected chi connectivity index (χ2v) is 7.32. The molecule has 3 aromatic rings. The van der Waals surface area contributed by atoms with Crippen LogP contribution < -0.4 is 5.32 Å². The predicted molar refractivity (Wildman–Crippen MR) is 106 cm³/mol. The number of rotatable bonds is 7. The van der Waals surface area contributed by atoms with E-state index in [9.17, 15) is 19.3 Å². The van der Waals surface area contributed by atoms with Crippen molar-refractivity contribution in [3.05, 3.63) is 64.0 Å². The van der Waals surface area contributed by atoms with Crippen molar-refractivity contribution in [1.82, 2.24) is 20.2 Å². The number of benzene rings is 2. The van der Waals surface area contributed by atoms with Gasteiger partial charge in [0.05, 0.1) is 22.1 Å². The third kappa shape index (κ3) is 4.93. The van der Waals surface area contributed by atoms with Gasteiger partial charge in [0, 0.05) is 12.1 Å². The molecule has 0 unspecified atom stereocenters. The number of amides is 1. The van der Waals surface area contributed by atoms with Crippen molar-refractivity contribution in [3.8, 4) is 5.69 Å². The third-order valence-corrected chi connectivity index (χ3v) is 4.93. The molecule has 0 bridgehead atoms. The maximum atomic E-state index is 13.8. The number of carbonyl (C=O) groups excluding carboxylic acids is 1. The summed E-state index contributed by atoms with van der Waals surface area (Å²) in [7, 11) is 0. The summed E-state index contributed by atoms with van der Waals surface area (Å²) in [6.07, 6.45) is 0. The van der Waals surface area contributed by atoms with Crippen molar-refractivity contribution in [3.63, 3.8) is 0 Å². The van der Waals surface area contributed by atoms with Crippen molar-refractivity contribution >= 4 is 29.0 Å². The number of halogens is 1. The predicted octanol–water partition coefficient (Wildman–Crippen LogP) is 3.56. The standard InChI is InChI=1S/C18H17FN6O3S/c1-11(2)12-3-5-13(6-4-12)24-18(21-22-23-24)29-10-17(26)20-16-9-14(25(27)28)7-8-15(16)19/h3-9,11H,10H2,1-2H3,(H,20,26). The van der Waals surface area contributed by atoms with E-state index in [1.807, 2.05) is 24.3 Å². The Kier molecular flexibility index (Phi) is 6.17. The fraction of sp³-hybridized carbons (Fsp3) is 0.222. The number of tetrazole rings is 1. The Bertz CT molecular complexity index is 1040. The molecule has 11 heteroatoms. The highest BCUT2D eigenvalue weighted by molar-refractivity contribution is 7.99. The number of nitro benzene ring substituents is 1. The van der Waals surface area contributed by atoms with Crippen LogP contribution in [0.3, 0.4) is 0 Å². The molecule has 1 heterocycles. The fourth-order valence-corrected chi connectivity index (χ4v) is 3.16. The fourth-order valence-electron chi connectivity index (χ4n) is 2.47. The van der Waals surface area contributed by atoms with Gasteiger partial charge in [0.2, 0.25) is 11.1 Å². The molecule has 0 saturated carbocycles. The first-order valence-electron chi connectivity index (χ1n) is 8.60. The Morgan fingerprint density at radius 2 is 2.00 bits per heavy atom. The van der Waals surface area contributed by atoms with E-state index < -0.39 is 16.6 Å². The van der Waals surface area contributed by atoms with E-state index in [1.54, 1.807) is 0 Å². The molecular weight excluding hydrogens is 399 g/mol. The van der Waals surface area contributed by atoms with Crippen LogP contribution in [-0.2, 0) is 4.79 Å².